The van der Waals surface area contributed by atoms with Gasteiger partial charge in [-0.15, -0.1) is 0 Å². The number of nitrogens with zero attached hydrogens (tertiary/aromatic N) is 2. The van der Waals surface area contributed by atoms with Crippen molar-refractivity contribution in [1.82, 2.24) is 4.98 Å². The number of piperidine rings is 1. The van der Waals surface area contributed by atoms with E-state index in [0.717, 1.165) is 37.3 Å². The number of sulfone groups is 1. The summed E-state index contributed by atoms with van der Waals surface area (Å²) >= 11 is 0. The normalized spacial score (nSPS) is 16.2. The van der Waals surface area contributed by atoms with E-state index in [-0.39, 0.29) is 6.04 Å². The Morgan fingerprint density at radius 2 is 1.83 bits per heavy atom. The average molecular weight is 345 g/mol. The molecular weight excluding hydrogens is 322 g/mol. The van der Waals surface area contributed by atoms with Crippen LogP contribution in [-0.2, 0) is 9.84 Å². The van der Waals surface area contributed by atoms with Crippen LogP contribution in [0.25, 0.3) is 0 Å². The number of aromatic nitrogens is 1. The maximum Gasteiger partial charge on any atom is 0.177 e. The van der Waals surface area contributed by atoms with Crippen molar-refractivity contribution in [2.45, 2.75) is 30.7 Å². The summed E-state index contributed by atoms with van der Waals surface area (Å²) in [6.45, 7) is 3.86. The zero-order valence-electron chi connectivity index (χ0n) is 14.1. The van der Waals surface area contributed by atoms with Crippen LogP contribution in [-0.4, -0.2) is 38.8 Å². The van der Waals surface area contributed by atoms with Gasteiger partial charge in [0.1, 0.15) is 5.82 Å². The fourth-order valence-electron chi connectivity index (χ4n) is 3.03. The lowest BCUT2D eigenvalue weighted by Gasteiger charge is -2.34. The molecule has 1 aliphatic heterocycles. The van der Waals surface area contributed by atoms with E-state index >= 15 is 0 Å². The van der Waals surface area contributed by atoms with Crippen LogP contribution in [0.15, 0.2) is 47.5 Å². The summed E-state index contributed by atoms with van der Waals surface area (Å²) in [6, 6.07) is 11.5. The third-order valence-electron chi connectivity index (χ3n) is 4.36. The van der Waals surface area contributed by atoms with Crippen molar-refractivity contribution in [2.75, 3.05) is 29.6 Å². The second-order valence-corrected chi connectivity index (χ2v) is 8.35. The Bertz CT molecular complexity index is 795. The van der Waals surface area contributed by atoms with E-state index in [0.29, 0.717) is 10.6 Å². The first kappa shape index (κ1) is 16.8. The zero-order chi connectivity index (χ0) is 17.2. The highest BCUT2D eigenvalue weighted by atomic mass is 32.2. The van der Waals surface area contributed by atoms with Gasteiger partial charge in [0.15, 0.2) is 9.84 Å². The fourth-order valence-corrected chi connectivity index (χ4v) is 3.88. The Hall–Kier alpha value is -2.08. The lowest BCUT2D eigenvalue weighted by molar-refractivity contribution is 0.522. The van der Waals surface area contributed by atoms with Crippen LogP contribution < -0.4 is 10.2 Å². The molecule has 0 atom stereocenters. The van der Waals surface area contributed by atoms with Gasteiger partial charge in [-0.2, -0.15) is 0 Å². The number of rotatable bonds is 4. The molecule has 1 fully saturated rings. The first-order valence-corrected chi connectivity index (χ1v) is 10.1. The van der Waals surface area contributed by atoms with Crippen molar-refractivity contribution < 1.29 is 8.42 Å². The summed E-state index contributed by atoms with van der Waals surface area (Å²) in [6.07, 6.45) is 5.04. The number of hydrogen-bond acceptors (Lipinski definition) is 5. The van der Waals surface area contributed by atoms with Crippen LogP contribution in [0.1, 0.15) is 18.4 Å². The number of anilines is 2. The Morgan fingerprint density at radius 1 is 1.12 bits per heavy atom. The molecule has 1 aliphatic rings. The smallest absolute Gasteiger partial charge is 0.177 e. The summed E-state index contributed by atoms with van der Waals surface area (Å²) in [5, 5.41) is 3.41. The summed E-state index contributed by atoms with van der Waals surface area (Å²) < 4.78 is 23.8. The molecule has 0 aliphatic carbocycles. The Balaban J connectivity index is 1.65. The van der Waals surface area contributed by atoms with Gasteiger partial charge in [-0.25, -0.2) is 13.4 Å². The largest absolute Gasteiger partial charge is 0.381 e. The summed E-state index contributed by atoms with van der Waals surface area (Å²) in [4.78, 5) is 7.13. The second kappa shape index (κ2) is 6.81. The molecule has 1 N–H and O–H groups in total. The number of para-hydroxylation sites is 1. The van der Waals surface area contributed by atoms with E-state index in [1.165, 1.54) is 6.26 Å². The van der Waals surface area contributed by atoms with Gasteiger partial charge in [0.2, 0.25) is 0 Å². The summed E-state index contributed by atoms with van der Waals surface area (Å²) in [5.74, 6) is 1.01. The highest BCUT2D eigenvalue weighted by Crippen LogP contribution is 2.25. The molecule has 2 aromatic rings. The minimum Gasteiger partial charge on any atom is -0.381 e. The third kappa shape index (κ3) is 3.87. The molecule has 6 heteroatoms. The van der Waals surface area contributed by atoms with Gasteiger partial charge in [0, 0.05) is 31.6 Å². The van der Waals surface area contributed by atoms with Crippen molar-refractivity contribution >= 4 is 21.3 Å². The van der Waals surface area contributed by atoms with E-state index in [4.69, 9.17) is 0 Å². The predicted octanol–water partition coefficient (Wildman–Crippen LogP) is 2.87. The molecule has 5 nitrogen and oxygen atoms in total. The minimum absolute atomic E-state index is 0.273. The third-order valence-corrected chi connectivity index (χ3v) is 5.52. The van der Waals surface area contributed by atoms with Gasteiger partial charge in [-0.3, -0.25) is 0 Å². The second-order valence-electron chi connectivity index (χ2n) is 6.37. The molecule has 0 saturated carbocycles. The molecule has 2 heterocycles. The molecule has 24 heavy (non-hydrogen) atoms. The zero-order valence-corrected chi connectivity index (χ0v) is 14.9. The molecular formula is C18H23N3O2S. The van der Waals surface area contributed by atoms with E-state index in [1.54, 1.807) is 12.1 Å². The average Bonchev–Trinajstić information content (AvgIpc) is 2.56. The lowest BCUT2D eigenvalue weighted by Crippen LogP contribution is -2.39. The Morgan fingerprint density at radius 3 is 2.46 bits per heavy atom. The number of nitrogens with one attached hydrogen (secondary N) is 1. The first-order valence-electron chi connectivity index (χ1n) is 8.17. The molecule has 0 spiro atoms. The van der Waals surface area contributed by atoms with Crippen LogP contribution in [0.4, 0.5) is 11.5 Å². The predicted molar refractivity (Wildman–Crippen MR) is 97.4 cm³/mol. The highest BCUT2D eigenvalue weighted by molar-refractivity contribution is 7.90. The molecule has 3 rings (SSSR count). The SMILES string of the molecule is Cc1ccc(N2CCC(Nc3ccccc3S(C)(=O)=O)CC2)nc1. The first-order chi connectivity index (χ1) is 11.4. The number of benzene rings is 1. The van der Waals surface area contributed by atoms with E-state index in [9.17, 15) is 8.42 Å². The van der Waals surface area contributed by atoms with Crippen molar-refractivity contribution in [1.29, 1.82) is 0 Å². The van der Waals surface area contributed by atoms with Crippen molar-refractivity contribution in [2.24, 2.45) is 0 Å². The van der Waals surface area contributed by atoms with Gasteiger partial charge in [-0.05, 0) is 43.5 Å². The standard InChI is InChI=1S/C18H23N3O2S/c1-14-7-8-18(19-13-14)21-11-9-15(10-12-21)20-16-5-3-4-6-17(16)24(2,22)23/h3-8,13,15,20H,9-12H2,1-2H3. The van der Waals surface area contributed by atoms with Crippen LogP contribution in [0, 0.1) is 6.92 Å². The number of pyridine rings is 1. The van der Waals surface area contributed by atoms with E-state index < -0.39 is 9.84 Å². The summed E-state index contributed by atoms with van der Waals surface area (Å²) in [7, 11) is -3.23. The van der Waals surface area contributed by atoms with Gasteiger partial charge in [0.25, 0.3) is 0 Å². The topological polar surface area (TPSA) is 62.3 Å². The van der Waals surface area contributed by atoms with Gasteiger partial charge in [-0.1, -0.05) is 18.2 Å². The van der Waals surface area contributed by atoms with Crippen LogP contribution in [0.5, 0.6) is 0 Å². The van der Waals surface area contributed by atoms with Crippen molar-refractivity contribution in [3.05, 3.63) is 48.2 Å². The summed E-state index contributed by atoms with van der Waals surface area (Å²) in [5.41, 5.74) is 1.86. The van der Waals surface area contributed by atoms with E-state index in [1.807, 2.05) is 25.3 Å². The van der Waals surface area contributed by atoms with Gasteiger partial charge >= 0.3 is 0 Å². The molecule has 1 saturated heterocycles. The van der Waals surface area contributed by atoms with Crippen LogP contribution in [0.2, 0.25) is 0 Å². The van der Waals surface area contributed by atoms with Crippen molar-refractivity contribution in [3.8, 4) is 0 Å². The molecule has 1 aromatic heterocycles. The molecule has 128 valence electrons. The van der Waals surface area contributed by atoms with Gasteiger partial charge < -0.3 is 10.2 Å². The molecule has 0 radical (unpaired) electrons. The van der Waals surface area contributed by atoms with Crippen molar-refractivity contribution in [3.63, 3.8) is 0 Å². The maximum atomic E-state index is 11.9. The monoisotopic (exact) mass is 345 g/mol. The molecule has 0 amide bonds. The minimum atomic E-state index is -3.23. The fraction of sp³-hybridized carbons (Fsp3) is 0.389. The Labute approximate surface area is 143 Å². The van der Waals surface area contributed by atoms with Crippen LogP contribution >= 0.6 is 0 Å². The number of aryl methyl sites for hydroxylation is 1. The number of hydrogen-bond donors (Lipinski definition) is 1. The van der Waals surface area contributed by atoms with E-state index in [2.05, 4.69) is 27.3 Å². The quantitative estimate of drug-likeness (QED) is 0.923. The molecule has 1 aromatic carbocycles. The van der Waals surface area contributed by atoms with Gasteiger partial charge in [0.05, 0.1) is 10.6 Å². The maximum absolute atomic E-state index is 11.9. The highest BCUT2D eigenvalue weighted by Gasteiger charge is 2.22. The van der Waals surface area contributed by atoms with Crippen LogP contribution in [0.3, 0.4) is 0 Å². The molecule has 0 bridgehead atoms. The molecule has 0 unspecified atom stereocenters. The Kier molecular flexibility index (Phi) is 4.76. The lowest BCUT2D eigenvalue weighted by atomic mass is 10.0.